The van der Waals surface area contributed by atoms with E-state index in [0.717, 1.165) is 0 Å². The van der Waals surface area contributed by atoms with Crippen LogP contribution < -0.4 is 0 Å². The molecule has 0 aliphatic rings. The molecule has 0 N–H and O–H groups in total. The highest BCUT2D eigenvalue weighted by molar-refractivity contribution is 9.10. The average molecular weight is 267 g/mol. The van der Waals surface area contributed by atoms with E-state index in [-0.39, 0.29) is 12.0 Å². The Kier molecular flexibility index (Phi) is 3.44. The first-order valence-electron chi connectivity index (χ1n) is 4.28. The van der Waals surface area contributed by atoms with Crippen LogP contribution >= 0.6 is 15.9 Å². The summed E-state index contributed by atoms with van der Waals surface area (Å²) in [5.41, 5.74) is -0.844. The predicted molar refractivity (Wildman–Crippen MR) is 57.3 cm³/mol. The Bertz CT molecular complexity index is 459. The molecule has 2 nitrogen and oxygen atoms in total. The third kappa shape index (κ3) is 2.16. The third-order valence-corrected chi connectivity index (χ3v) is 2.84. The van der Waals surface area contributed by atoms with Gasteiger partial charge >= 0.3 is 0 Å². The molecule has 1 rings (SSSR count). The lowest BCUT2D eigenvalue weighted by Gasteiger charge is -2.19. The van der Waals surface area contributed by atoms with E-state index in [1.807, 2.05) is 12.1 Å². The van der Waals surface area contributed by atoms with Gasteiger partial charge in [0.25, 0.3) is 0 Å². The van der Waals surface area contributed by atoms with Gasteiger partial charge in [-0.3, -0.25) is 0 Å². The number of hydrogen-bond donors (Lipinski definition) is 0. The molecule has 0 amide bonds. The monoisotopic (exact) mass is 266 g/mol. The lowest BCUT2D eigenvalue weighted by molar-refractivity contribution is 0.540. The van der Waals surface area contributed by atoms with Crippen molar-refractivity contribution in [2.24, 2.45) is 0 Å². The molecular weight excluding hydrogens is 259 g/mol. The Labute approximate surface area is 96.1 Å². The second kappa shape index (κ2) is 4.42. The summed E-state index contributed by atoms with van der Waals surface area (Å²) in [4.78, 5) is 0. The normalized spacial score (nSPS) is 13.7. The van der Waals surface area contributed by atoms with Crippen LogP contribution in [0, 0.1) is 28.5 Å². The fourth-order valence-electron chi connectivity index (χ4n) is 1.28. The summed E-state index contributed by atoms with van der Waals surface area (Å²) in [6, 6.07) is 8.62. The van der Waals surface area contributed by atoms with E-state index in [4.69, 9.17) is 10.5 Å². The minimum absolute atomic E-state index is 0.0309. The van der Waals surface area contributed by atoms with Gasteiger partial charge in [-0.1, -0.05) is 12.1 Å². The molecule has 0 fully saturated rings. The highest BCUT2D eigenvalue weighted by Crippen LogP contribution is 2.31. The lowest BCUT2D eigenvalue weighted by atomic mass is 9.81. The summed E-state index contributed by atoms with van der Waals surface area (Å²) < 4.78 is 14.0. The maximum atomic E-state index is 13.7. The van der Waals surface area contributed by atoms with Gasteiger partial charge in [-0.2, -0.15) is 10.5 Å². The molecule has 0 saturated heterocycles. The summed E-state index contributed by atoms with van der Waals surface area (Å²) in [6.07, 6.45) is -0.0309. The molecular formula is C11H8BrFN2. The Morgan fingerprint density at radius 2 is 2.13 bits per heavy atom. The summed E-state index contributed by atoms with van der Waals surface area (Å²) in [7, 11) is 0. The van der Waals surface area contributed by atoms with Gasteiger partial charge in [0.15, 0.2) is 0 Å². The van der Waals surface area contributed by atoms with Gasteiger partial charge in [-0.25, -0.2) is 4.39 Å². The van der Waals surface area contributed by atoms with E-state index in [2.05, 4.69) is 15.9 Å². The molecule has 1 unspecified atom stereocenters. The molecule has 15 heavy (non-hydrogen) atoms. The van der Waals surface area contributed by atoms with Gasteiger partial charge in [-0.15, -0.1) is 0 Å². The van der Waals surface area contributed by atoms with Crippen molar-refractivity contribution in [2.45, 2.75) is 18.8 Å². The minimum Gasteiger partial charge on any atom is -0.205 e. The largest absolute Gasteiger partial charge is 0.205 e. The topological polar surface area (TPSA) is 47.6 Å². The van der Waals surface area contributed by atoms with Crippen LogP contribution in [0.3, 0.4) is 0 Å². The van der Waals surface area contributed by atoms with Crippen molar-refractivity contribution in [3.63, 3.8) is 0 Å². The maximum Gasteiger partial charge on any atom is 0.142 e. The molecule has 0 saturated carbocycles. The zero-order chi connectivity index (χ0) is 11.5. The fourth-order valence-corrected chi connectivity index (χ4v) is 1.65. The average Bonchev–Trinajstić information content (AvgIpc) is 2.22. The van der Waals surface area contributed by atoms with E-state index in [0.29, 0.717) is 4.47 Å². The molecule has 1 aromatic carbocycles. The minimum atomic E-state index is -1.09. The zero-order valence-corrected chi connectivity index (χ0v) is 9.68. The predicted octanol–water partition coefficient (Wildman–Crippen LogP) is 3.28. The van der Waals surface area contributed by atoms with Crippen molar-refractivity contribution in [3.05, 3.63) is 34.1 Å². The number of nitrogens with zero attached hydrogens (tertiary/aromatic N) is 2. The van der Waals surface area contributed by atoms with Crippen molar-refractivity contribution < 1.29 is 4.39 Å². The third-order valence-electron chi connectivity index (χ3n) is 2.23. The number of nitriles is 2. The van der Waals surface area contributed by atoms with Crippen LogP contribution in [0.2, 0.25) is 0 Å². The Morgan fingerprint density at radius 3 is 2.67 bits per heavy atom. The number of rotatable bonds is 2. The summed E-state index contributed by atoms with van der Waals surface area (Å²) in [5, 5.41) is 17.6. The van der Waals surface area contributed by atoms with Gasteiger partial charge in [0.2, 0.25) is 0 Å². The van der Waals surface area contributed by atoms with Crippen LogP contribution in [0.25, 0.3) is 0 Å². The second-order valence-electron chi connectivity index (χ2n) is 3.38. The molecule has 76 valence electrons. The molecule has 1 atom stereocenters. The van der Waals surface area contributed by atoms with E-state index in [1.165, 1.54) is 6.07 Å². The van der Waals surface area contributed by atoms with Crippen LogP contribution in [0.15, 0.2) is 22.7 Å². The van der Waals surface area contributed by atoms with E-state index >= 15 is 0 Å². The molecule has 4 heteroatoms. The molecule has 0 aliphatic carbocycles. The van der Waals surface area contributed by atoms with E-state index in [9.17, 15) is 4.39 Å². The van der Waals surface area contributed by atoms with Crippen molar-refractivity contribution in [1.29, 1.82) is 10.5 Å². The molecule has 1 aromatic rings. The smallest absolute Gasteiger partial charge is 0.142 e. The van der Waals surface area contributed by atoms with Gasteiger partial charge in [-0.05, 0) is 28.9 Å². The zero-order valence-electron chi connectivity index (χ0n) is 8.09. The summed E-state index contributed by atoms with van der Waals surface area (Å²) >= 11 is 3.05. The van der Waals surface area contributed by atoms with E-state index < -0.39 is 11.2 Å². The Hall–Kier alpha value is -1.39. The lowest BCUT2D eigenvalue weighted by Crippen LogP contribution is -2.20. The van der Waals surface area contributed by atoms with Gasteiger partial charge in [0, 0.05) is 5.56 Å². The highest BCUT2D eigenvalue weighted by atomic mass is 79.9. The first-order chi connectivity index (χ1) is 7.05. The molecule has 0 aromatic heterocycles. The fraction of sp³-hybridized carbons (Fsp3) is 0.273. The van der Waals surface area contributed by atoms with E-state index in [1.54, 1.807) is 19.1 Å². The molecule has 0 heterocycles. The molecule has 0 aliphatic heterocycles. The highest BCUT2D eigenvalue weighted by Gasteiger charge is 2.30. The molecule has 0 spiro atoms. The SMILES string of the molecule is CC(C#N)(CC#N)c1cccc(Br)c1F. The molecule has 0 bridgehead atoms. The second-order valence-corrected chi connectivity index (χ2v) is 4.23. The van der Waals surface area contributed by atoms with Crippen LogP contribution in [0.1, 0.15) is 18.9 Å². The Morgan fingerprint density at radius 1 is 1.47 bits per heavy atom. The van der Waals surface area contributed by atoms with Crippen LogP contribution in [0.4, 0.5) is 4.39 Å². The van der Waals surface area contributed by atoms with Crippen LogP contribution in [-0.4, -0.2) is 0 Å². The van der Waals surface area contributed by atoms with Gasteiger partial charge in [0.1, 0.15) is 5.82 Å². The number of benzene rings is 1. The first kappa shape index (κ1) is 11.7. The van der Waals surface area contributed by atoms with Gasteiger partial charge < -0.3 is 0 Å². The molecule has 0 radical (unpaired) electrons. The van der Waals surface area contributed by atoms with Crippen molar-refractivity contribution in [1.82, 2.24) is 0 Å². The van der Waals surface area contributed by atoms with Gasteiger partial charge in [0.05, 0.1) is 28.4 Å². The van der Waals surface area contributed by atoms with Crippen molar-refractivity contribution >= 4 is 15.9 Å². The van der Waals surface area contributed by atoms with Crippen molar-refractivity contribution in [3.8, 4) is 12.1 Å². The summed E-state index contributed by atoms with van der Waals surface area (Å²) in [6.45, 7) is 1.56. The first-order valence-corrected chi connectivity index (χ1v) is 5.07. The van der Waals surface area contributed by atoms with Crippen molar-refractivity contribution in [2.75, 3.05) is 0 Å². The standard InChI is InChI=1S/C11H8BrFN2/c1-11(7-15,5-6-14)8-3-2-4-9(12)10(8)13/h2-4H,5H2,1H3. The van der Waals surface area contributed by atoms with Crippen LogP contribution in [0.5, 0.6) is 0 Å². The summed E-state index contributed by atoms with van der Waals surface area (Å²) in [5.74, 6) is -0.475. The quantitative estimate of drug-likeness (QED) is 0.825. The Balaban J connectivity index is 3.33. The van der Waals surface area contributed by atoms with Crippen LogP contribution in [-0.2, 0) is 5.41 Å². The number of halogens is 2. The number of hydrogen-bond acceptors (Lipinski definition) is 2. The maximum absolute atomic E-state index is 13.7.